The summed E-state index contributed by atoms with van der Waals surface area (Å²) in [6, 6.07) is 0.650. The molecule has 0 aliphatic rings. The second-order valence-electron chi connectivity index (χ2n) is 2.72. The Morgan fingerprint density at radius 2 is 1.67 bits per heavy atom. The summed E-state index contributed by atoms with van der Waals surface area (Å²) in [7, 11) is 0. The average Bonchev–Trinajstić information content (AvgIpc) is 2.00. The number of anilines is 1. The van der Waals surface area contributed by atoms with E-state index in [4.69, 9.17) is 5.73 Å². The summed E-state index contributed by atoms with van der Waals surface area (Å²) in [5.41, 5.74) is 0.694. The number of hydrogen-bond acceptors (Lipinski definition) is 1. The van der Waals surface area contributed by atoms with E-state index in [1.165, 1.54) is 0 Å². The van der Waals surface area contributed by atoms with Gasteiger partial charge >= 0.3 is 6.18 Å². The molecule has 0 aliphatic carbocycles. The number of nitrogens with two attached hydrogens (primary N) is 1. The second-order valence-corrected chi connectivity index (χ2v) is 2.72. The molecule has 0 fully saturated rings. The Bertz CT molecular complexity index is 370. The molecule has 1 nitrogen and oxygen atoms in total. The lowest BCUT2D eigenvalue weighted by Crippen LogP contribution is -2.12. The van der Waals surface area contributed by atoms with Crippen molar-refractivity contribution in [3.05, 3.63) is 29.1 Å². The molecule has 1 aromatic rings. The van der Waals surface area contributed by atoms with E-state index in [1.807, 2.05) is 0 Å². The van der Waals surface area contributed by atoms with Crippen LogP contribution in [0.15, 0.2) is 12.1 Å². The molecule has 0 saturated carbocycles. The molecule has 0 radical (unpaired) electrons. The molecule has 0 amide bonds. The van der Waals surface area contributed by atoms with Crippen LogP contribution < -0.4 is 5.73 Å². The van der Waals surface area contributed by atoms with Gasteiger partial charge in [0.1, 0.15) is 5.82 Å². The molecule has 1 aromatic carbocycles. The molecule has 2 N–H and O–H groups in total. The van der Waals surface area contributed by atoms with Crippen molar-refractivity contribution >= 4 is 5.69 Å². The highest BCUT2D eigenvalue weighted by Gasteiger charge is 2.35. The van der Waals surface area contributed by atoms with E-state index >= 15 is 0 Å². The van der Waals surface area contributed by atoms with Gasteiger partial charge in [0, 0.05) is 0 Å². The molecule has 0 spiro atoms. The van der Waals surface area contributed by atoms with Crippen LogP contribution in [0.25, 0.3) is 0 Å². The lowest BCUT2D eigenvalue weighted by molar-refractivity contribution is -0.137. The van der Waals surface area contributed by atoms with Crippen LogP contribution in [-0.4, -0.2) is 0 Å². The Morgan fingerprint density at radius 1 is 1.13 bits per heavy atom. The molecular formula is C8H5F6N. The highest BCUT2D eigenvalue weighted by Crippen LogP contribution is 2.38. The van der Waals surface area contributed by atoms with Crippen LogP contribution in [0.3, 0.4) is 0 Å². The lowest BCUT2D eigenvalue weighted by atomic mass is 10.1. The monoisotopic (exact) mass is 229 g/mol. The molecule has 0 atom stereocenters. The molecule has 0 saturated heterocycles. The standard InChI is InChI=1S/C8H5F6N/c9-4-2-1-3(8(12,13)14)6(15)5(4)7(10)11/h1-2,7H,15H2. The van der Waals surface area contributed by atoms with E-state index in [2.05, 4.69) is 0 Å². The Morgan fingerprint density at radius 3 is 2.07 bits per heavy atom. The van der Waals surface area contributed by atoms with Gasteiger partial charge in [0.05, 0.1) is 16.8 Å². The summed E-state index contributed by atoms with van der Waals surface area (Å²) in [6.07, 6.45) is -8.26. The molecule has 0 aliphatic heterocycles. The molecule has 7 heteroatoms. The fourth-order valence-corrected chi connectivity index (χ4v) is 1.08. The fraction of sp³-hybridized carbons (Fsp3) is 0.250. The van der Waals surface area contributed by atoms with Crippen LogP contribution >= 0.6 is 0 Å². The van der Waals surface area contributed by atoms with E-state index < -0.39 is 35.2 Å². The predicted octanol–water partition coefficient (Wildman–Crippen LogP) is 3.36. The molecule has 84 valence electrons. The van der Waals surface area contributed by atoms with Crippen molar-refractivity contribution in [3.63, 3.8) is 0 Å². The summed E-state index contributed by atoms with van der Waals surface area (Å²) < 4.78 is 73.6. The van der Waals surface area contributed by atoms with Gasteiger partial charge in [0.15, 0.2) is 0 Å². The van der Waals surface area contributed by atoms with Crippen molar-refractivity contribution in [2.45, 2.75) is 12.6 Å². The van der Waals surface area contributed by atoms with Crippen molar-refractivity contribution < 1.29 is 26.3 Å². The highest BCUT2D eigenvalue weighted by atomic mass is 19.4. The average molecular weight is 229 g/mol. The minimum atomic E-state index is -4.87. The summed E-state index contributed by atoms with van der Waals surface area (Å²) in [5, 5.41) is 0. The van der Waals surface area contributed by atoms with Gasteiger partial charge in [-0.2, -0.15) is 13.2 Å². The van der Waals surface area contributed by atoms with Gasteiger partial charge in [-0.1, -0.05) is 0 Å². The van der Waals surface area contributed by atoms with Crippen LogP contribution in [0.1, 0.15) is 17.6 Å². The quantitative estimate of drug-likeness (QED) is 0.579. The third kappa shape index (κ3) is 2.16. The van der Waals surface area contributed by atoms with Gasteiger partial charge in [-0.05, 0) is 12.1 Å². The first kappa shape index (κ1) is 11.7. The summed E-state index contributed by atoms with van der Waals surface area (Å²) >= 11 is 0. The Labute approximate surface area is 80.5 Å². The van der Waals surface area contributed by atoms with Crippen molar-refractivity contribution in [1.82, 2.24) is 0 Å². The summed E-state index contributed by atoms with van der Waals surface area (Å²) in [5.74, 6) is -1.45. The van der Waals surface area contributed by atoms with E-state index in [-0.39, 0.29) is 0 Å². The van der Waals surface area contributed by atoms with Crippen LogP contribution in [-0.2, 0) is 6.18 Å². The third-order valence-electron chi connectivity index (χ3n) is 1.76. The molecule has 15 heavy (non-hydrogen) atoms. The zero-order chi connectivity index (χ0) is 11.8. The number of halogens is 6. The smallest absolute Gasteiger partial charge is 0.398 e. The first-order chi connectivity index (χ1) is 6.75. The SMILES string of the molecule is Nc1c(C(F)(F)F)ccc(F)c1C(F)F. The van der Waals surface area contributed by atoms with E-state index in [0.29, 0.717) is 12.1 Å². The van der Waals surface area contributed by atoms with Crippen LogP contribution in [0.2, 0.25) is 0 Å². The number of rotatable bonds is 1. The minimum Gasteiger partial charge on any atom is -0.398 e. The largest absolute Gasteiger partial charge is 0.418 e. The number of alkyl halides is 5. The lowest BCUT2D eigenvalue weighted by Gasteiger charge is -2.13. The Balaban J connectivity index is 3.42. The number of hydrogen-bond donors (Lipinski definition) is 1. The first-order valence-electron chi connectivity index (χ1n) is 3.68. The van der Waals surface area contributed by atoms with E-state index in [0.717, 1.165) is 0 Å². The Kier molecular flexibility index (Phi) is 2.83. The number of benzene rings is 1. The van der Waals surface area contributed by atoms with Gasteiger partial charge in [0.2, 0.25) is 0 Å². The maximum Gasteiger partial charge on any atom is 0.418 e. The maximum absolute atomic E-state index is 12.7. The van der Waals surface area contributed by atoms with Gasteiger partial charge in [-0.3, -0.25) is 0 Å². The third-order valence-corrected chi connectivity index (χ3v) is 1.76. The Hall–Kier alpha value is -1.40. The van der Waals surface area contributed by atoms with Crippen LogP contribution in [0.5, 0.6) is 0 Å². The van der Waals surface area contributed by atoms with Gasteiger partial charge < -0.3 is 5.73 Å². The first-order valence-corrected chi connectivity index (χ1v) is 3.68. The second kappa shape index (κ2) is 3.63. The molecule has 1 rings (SSSR count). The zero-order valence-electron chi connectivity index (χ0n) is 7.08. The van der Waals surface area contributed by atoms with Gasteiger partial charge in [-0.15, -0.1) is 0 Å². The topological polar surface area (TPSA) is 26.0 Å². The predicted molar refractivity (Wildman–Crippen MR) is 40.8 cm³/mol. The molecule has 0 bridgehead atoms. The minimum absolute atomic E-state index is 0.320. The molecular weight excluding hydrogens is 224 g/mol. The van der Waals surface area contributed by atoms with Crippen LogP contribution in [0, 0.1) is 5.82 Å². The number of nitrogen functional groups attached to an aromatic ring is 1. The van der Waals surface area contributed by atoms with Crippen molar-refractivity contribution in [3.8, 4) is 0 Å². The molecule has 0 aromatic heterocycles. The van der Waals surface area contributed by atoms with E-state index in [1.54, 1.807) is 0 Å². The van der Waals surface area contributed by atoms with E-state index in [9.17, 15) is 26.3 Å². The molecule has 0 heterocycles. The maximum atomic E-state index is 12.7. The fourth-order valence-electron chi connectivity index (χ4n) is 1.08. The summed E-state index contributed by atoms with van der Waals surface area (Å²) in [4.78, 5) is 0. The van der Waals surface area contributed by atoms with Gasteiger partial charge in [-0.25, -0.2) is 13.2 Å². The zero-order valence-corrected chi connectivity index (χ0v) is 7.08. The highest BCUT2D eigenvalue weighted by molar-refractivity contribution is 5.56. The normalized spacial score (nSPS) is 12.2. The molecule has 0 unspecified atom stereocenters. The van der Waals surface area contributed by atoms with Crippen molar-refractivity contribution in [1.29, 1.82) is 0 Å². The van der Waals surface area contributed by atoms with Crippen molar-refractivity contribution in [2.24, 2.45) is 0 Å². The van der Waals surface area contributed by atoms with Crippen LogP contribution in [0.4, 0.5) is 32.0 Å². The van der Waals surface area contributed by atoms with Gasteiger partial charge in [0.25, 0.3) is 6.43 Å². The van der Waals surface area contributed by atoms with Crippen molar-refractivity contribution in [2.75, 3.05) is 5.73 Å². The summed E-state index contributed by atoms with van der Waals surface area (Å²) in [6.45, 7) is 0.